The zero-order valence-electron chi connectivity index (χ0n) is 14.1. The van der Waals surface area contributed by atoms with Crippen molar-refractivity contribution in [1.29, 1.82) is 0 Å². The van der Waals surface area contributed by atoms with Crippen LogP contribution in [-0.2, 0) is 19.4 Å². The monoisotopic (exact) mass is 449 g/mol. The summed E-state index contributed by atoms with van der Waals surface area (Å²) in [5.41, 5.74) is 0.169. The number of benzene rings is 2. The normalized spacial score (nSPS) is 12.3. The lowest BCUT2D eigenvalue weighted by Crippen LogP contribution is -2.30. The molecule has 0 radical (unpaired) electrons. The molecule has 0 saturated carbocycles. The van der Waals surface area contributed by atoms with E-state index in [-0.39, 0.29) is 15.5 Å². The molecular formula is C17H14Cl3NO5S. The maximum absolute atomic E-state index is 12.3. The molecule has 0 saturated heterocycles. The predicted octanol–water partition coefficient (Wildman–Crippen LogP) is 4.23. The Labute approximate surface area is 171 Å². The molecule has 0 fully saturated rings. The van der Waals surface area contributed by atoms with Crippen LogP contribution in [0, 0.1) is 0 Å². The zero-order valence-corrected chi connectivity index (χ0v) is 17.2. The highest BCUT2D eigenvalue weighted by molar-refractivity contribution is 7.90. The first kappa shape index (κ1) is 21.5. The molecule has 2 aromatic carbocycles. The van der Waals surface area contributed by atoms with Crippen LogP contribution >= 0.6 is 34.8 Å². The zero-order chi connectivity index (χ0) is 20.4. The van der Waals surface area contributed by atoms with Gasteiger partial charge in [-0.05, 0) is 43.3 Å². The molecule has 0 spiro atoms. The van der Waals surface area contributed by atoms with E-state index >= 15 is 0 Å². The van der Waals surface area contributed by atoms with Crippen LogP contribution in [0.25, 0.3) is 0 Å². The maximum Gasteiger partial charge on any atom is 0.340 e. The summed E-state index contributed by atoms with van der Waals surface area (Å²) in [5, 5.41) is 3.17. The van der Waals surface area contributed by atoms with Gasteiger partial charge in [-0.1, -0.05) is 34.8 Å². The van der Waals surface area contributed by atoms with Crippen LogP contribution in [0.15, 0.2) is 41.3 Å². The van der Waals surface area contributed by atoms with Crippen molar-refractivity contribution in [1.82, 2.24) is 0 Å². The second-order valence-corrected chi connectivity index (χ2v) is 8.90. The molecule has 27 heavy (non-hydrogen) atoms. The number of sulfone groups is 1. The average Bonchev–Trinajstić information content (AvgIpc) is 2.52. The first-order valence-electron chi connectivity index (χ1n) is 7.45. The molecule has 0 aliphatic heterocycles. The van der Waals surface area contributed by atoms with E-state index in [0.29, 0.717) is 15.7 Å². The predicted molar refractivity (Wildman–Crippen MR) is 105 cm³/mol. The van der Waals surface area contributed by atoms with Crippen molar-refractivity contribution in [3.63, 3.8) is 0 Å². The number of esters is 1. The van der Waals surface area contributed by atoms with E-state index in [1.54, 1.807) is 0 Å². The first-order chi connectivity index (χ1) is 12.5. The van der Waals surface area contributed by atoms with Crippen molar-refractivity contribution < 1.29 is 22.7 Å². The van der Waals surface area contributed by atoms with Gasteiger partial charge in [0, 0.05) is 22.0 Å². The molecule has 2 aromatic rings. The number of anilines is 1. The number of nitrogens with one attached hydrogen (secondary N) is 1. The molecule has 0 aliphatic carbocycles. The highest BCUT2D eigenvalue weighted by Gasteiger charge is 2.22. The number of carbonyl (C=O) groups excluding carboxylic acids is 2. The van der Waals surface area contributed by atoms with Crippen molar-refractivity contribution in [2.45, 2.75) is 17.9 Å². The van der Waals surface area contributed by atoms with Crippen LogP contribution in [0.3, 0.4) is 0 Å². The van der Waals surface area contributed by atoms with Gasteiger partial charge in [-0.15, -0.1) is 0 Å². The number of hydrogen-bond donors (Lipinski definition) is 1. The molecule has 6 nitrogen and oxygen atoms in total. The fraction of sp³-hybridized carbons (Fsp3) is 0.176. The van der Waals surface area contributed by atoms with E-state index in [1.165, 1.54) is 37.3 Å². The Morgan fingerprint density at radius 3 is 2.19 bits per heavy atom. The van der Waals surface area contributed by atoms with Crippen molar-refractivity contribution >= 4 is 62.2 Å². The number of amides is 1. The number of hydrogen-bond acceptors (Lipinski definition) is 5. The van der Waals surface area contributed by atoms with Crippen LogP contribution in [0.5, 0.6) is 0 Å². The van der Waals surface area contributed by atoms with Gasteiger partial charge in [-0.25, -0.2) is 13.2 Å². The van der Waals surface area contributed by atoms with Crippen molar-refractivity contribution in [2.75, 3.05) is 11.6 Å². The largest absolute Gasteiger partial charge is 0.449 e. The molecular weight excluding hydrogens is 437 g/mol. The Bertz CT molecular complexity index is 987. The smallest absolute Gasteiger partial charge is 0.340 e. The van der Waals surface area contributed by atoms with Crippen molar-refractivity contribution in [3.05, 3.63) is 57.0 Å². The minimum atomic E-state index is -3.54. The Balaban J connectivity index is 2.14. The van der Waals surface area contributed by atoms with Gasteiger partial charge in [0.2, 0.25) is 0 Å². The van der Waals surface area contributed by atoms with Crippen LogP contribution in [0.2, 0.25) is 15.1 Å². The molecule has 1 N–H and O–H groups in total. The second-order valence-electron chi connectivity index (χ2n) is 5.61. The summed E-state index contributed by atoms with van der Waals surface area (Å²) in [6.45, 7) is 1.35. The molecule has 0 aromatic heterocycles. The van der Waals surface area contributed by atoms with Gasteiger partial charge >= 0.3 is 5.97 Å². The van der Waals surface area contributed by atoms with Crippen LogP contribution in [-0.4, -0.2) is 32.7 Å². The van der Waals surface area contributed by atoms with Gasteiger partial charge in [0.05, 0.1) is 15.5 Å². The lowest BCUT2D eigenvalue weighted by molar-refractivity contribution is -0.123. The van der Waals surface area contributed by atoms with E-state index in [4.69, 9.17) is 39.5 Å². The topological polar surface area (TPSA) is 89.5 Å². The third-order valence-corrected chi connectivity index (χ3v) is 5.25. The molecule has 1 amide bonds. The Kier molecular flexibility index (Phi) is 6.75. The summed E-state index contributed by atoms with van der Waals surface area (Å²) < 4.78 is 28.3. The van der Waals surface area contributed by atoms with E-state index in [0.717, 1.165) is 12.3 Å². The van der Waals surface area contributed by atoms with Gasteiger partial charge in [-0.2, -0.15) is 0 Å². The van der Waals surface area contributed by atoms with Crippen molar-refractivity contribution in [3.8, 4) is 0 Å². The van der Waals surface area contributed by atoms with Gasteiger partial charge < -0.3 is 10.1 Å². The number of ether oxygens (including phenoxy) is 1. The van der Waals surface area contributed by atoms with Crippen LogP contribution < -0.4 is 5.32 Å². The van der Waals surface area contributed by atoms with Crippen molar-refractivity contribution in [2.24, 2.45) is 0 Å². The second kappa shape index (κ2) is 8.48. The molecule has 0 bridgehead atoms. The summed E-state index contributed by atoms with van der Waals surface area (Å²) in [6, 6.07) is 8.10. The molecule has 0 unspecified atom stereocenters. The molecule has 10 heteroatoms. The summed E-state index contributed by atoms with van der Waals surface area (Å²) in [4.78, 5) is 24.4. The van der Waals surface area contributed by atoms with E-state index in [9.17, 15) is 18.0 Å². The van der Waals surface area contributed by atoms with E-state index in [2.05, 4.69) is 5.32 Å². The molecule has 0 aliphatic rings. The molecule has 144 valence electrons. The third kappa shape index (κ3) is 5.84. The fourth-order valence-electron chi connectivity index (χ4n) is 2.04. The summed E-state index contributed by atoms with van der Waals surface area (Å²) in [7, 11) is -3.54. The van der Waals surface area contributed by atoms with Gasteiger partial charge in [0.1, 0.15) is 0 Å². The molecule has 0 heterocycles. The van der Waals surface area contributed by atoms with Crippen LogP contribution in [0.4, 0.5) is 5.69 Å². The molecule has 2 rings (SSSR count). The fourth-order valence-corrected chi connectivity index (χ4v) is 3.41. The van der Waals surface area contributed by atoms with Crippen LogP contribution in [0.1, 0.15) is 17.3 Å². The lowest BCUT2D eigenvalue weighted by Gasteiger charge is -2.15. The highest BCUT2D eigenvalue weighted by Crippen LogP contribution is 2.24. The number of rotatable bonds is 5. The van der Waals surface area contributed by atoms with Gasteiger partial charge in [-0.3, -0.25) is 4.79 Å². The molecule has 1 atom stereocenters. The summed E-state index contributed by atoms with van der Waals surface area (Å²) in [5.74, 6) is -1.56. The highest BCUT2D eigenvalue weighted by atomic mass is 35.5. The van der Waals surface area contributed by atoms with E-state index < -0.39 is 27.8 Å². The summed E-state index contributed by atoms with van der Waals surface area (Å²) in [6.07, 6.45) is -0.189. The van der Waals surface area contributed by atoms with Gasteiger partial charge in [0.25, 0.3) is 5.91 Å². The third-order valence-electron chi connectivity index (χ3n) is 3.37. The lowest BCUT2D eigenvalue weighted by atomic mass is 10.2. The van der Waals surface area contributed by atoms with E-state index in [1.807, 2.05) is 0 Å². The average molecular weight is 451 g/mol. The Hall–Kier alpha value is -1.80. The van der Waals surface area contributed by atoms with Gasteiger partial charge in [0.15, 0.2) is 15.9 Å². The minimum Gasteiger partial charge on any atom is -0.449 e. The SMILES string of the molecule is C[C@H](OC(=O)c1cc(S(C)(=O)=O)ccc1Cl)C(=O)Nc1cc(Cl)cc(Cl)c1. The summed E-state index contributed by atoms with van der Waals surface area (Å²) >= 11 is 17.7. The quantitative estimate of drug-likeness (QED) is 0.688. The first-order valence-corrected chi connectivity index (χ1v) is 10.5. The maximum atomic E-state index is 12.3. The standard InChI is InChI=1S/C17H14Cl3NO5S/c1-9(16(22)21-12-6-10(18)5-11(19)7-12)26-17(23)14-8-13(27(2,24)25)3-4-15(14)20/h3-9H,1-2H3,(H,21,22)/t9-/m0/s1. The Morgan fingerprint density at radius 1 is 1.04 bits per heavy atom. The number of halogens is 3. The Morgan fingerprint density at radius 2 is 1.63 bits per heavy atom. The number of carbonyl (C=O) groups is 2. The minimum absolute atomic E-state index is 0.00151.